The summed E-state index contributed by atoms with van der Waals surface area (Å²) in [7, 11) is 1.62. The molecule has 0 spiro atoms. The summed E-state index contributed by atoms with van der Waals surface area (Å²) in [6, 6.07) is 10.3. The minimum Gasteiger partial charge on any atom is -0.396 e. The fraction of sp³-hybridized carbons (Fsp3) is 0.538. The summed E-state index contributed by atoms with van der Waals surface area (Å²) >= 11 is 0. The highest BCUT2D eigenvalue weighted by Gasteiger charge is 2.50. The van der Waals surface area contributed by atoms with Crippen molar-refractivity contribution in [1.82, 2.24) is 0 Å². The summed E-state index contributed by atoms with van der Waals surface area (Å²) < 4.78 is 10.2. The average Bonchev–Trinajstić information content (AvgIpc) is 3.04. The monoisotopic (exact) mass is 222 g/mol. The van der Waals surface area contributed by atoms with Crippen LogP contribution in [0, 0.1) is 11.8 Å². The predicted octanol–water partition coefficient (Wildman–Crippen LogP) is 1.63. The second-order valence-corrected chi connectivity index (χ2v) is 4.22. The van der Waals surface area contributed by atoms with Crippen molar-refractivity contribution in [1.29, 1.82) is 0 Å². The van der Waals surface area contributed by atoms with Crippen molar-refractivity contribution in [3.8, 4) is 0 Å². The maximum absolute atomic E-state index is 9.28. The summed E-state index contributed by atoms with van der Waals surface area (Å²) in [5.41, 5.74) is 1.30. The Morgan fingerprint density at radius 2 is 1.94 bits per heavy atom. The van der Waals surface area contributed by atoms with E-state index in [1.165, 1.54) is 5.56 Å². The zero-order chi connectivity index (χ0) is 11.4. The Morgan fingerprint density at radius 3 is 2.56 bits per heavy atom. The first-order valence-electron chi connectivity index (χ1n) is 5.61. The molecule has 0 saturated heterocycles. The summed E-state index contributed by atoms with van der Waals surface area (Å²) in [6.45, 7) is 1.23. The molecule has 0 aromatic heterocycles. The molecule has 3 atom stereocenters. The van der Waals surface area contributed by atoms with Gasteiger partial charge in [-0.1, -0.05) is 30.3 Å². The van der Waals surface area contributed by atoms with E-state index in [1.54, 1.807) is 7.11 Å². The number of methoxy groups -OCH3 is 1. The van der Waals surface area contributed by atoms with Crippen LogP contribution in [-0.4, -0.2) is 32.2 Å². The van der Waals surface area contributed by atoms with E-state index in [-0.39, 0.29) is 6.61 Å². The van der Waals surface area contributed by atoms with Crippen molar-refractivity contribution in [2.24, 2.45) is 11.8 Å². The molecule has 1 N–H and O–H groups in total. The first kappa shape index (κ1) is 11.6. The van der Waals surface area contributed by atoms with Crippen LogP contribution < -0.4 is 0 Å². The van der Waals surface area contributed by atoms with E-state index < -0.39 is 0 Å². The van der Waals surface area contributed by atoms with Crippen molar-refractivity contribution < 1.29 is 14.6 Å². The van der Waals surface area contributed by atoms with E-state index in [0.717, 1.165) is 0 Å². The number of hydrogen-bond donors (Lipinski definition) is 1. The third kappa shape index (κ3) is 2.43. The average molecular weight is 222 g/mol. The molecule has 2 rings (SSSR count). The molecule has 0 heterocycles. The lowest BCUT2D eigenvalue weighted by Crippen LogP contribution is -2.02. The van der Waals surface area contributed by atoms with Crippen LogP contribution in [0.2, 0.25) is 0 Å². The number of benzene rings is 1. The molecule has 0 amide bonds. The normalized spacial score (nSPS) is 28.0. The molecular formula is C13H18O3. The van der Waals surface area contributed by atoms with E-state index in [4.69, 9.17) is 9.47 Å². The molecule has 3 heteroatoms. The minimum absolute atomic E-state index is 0.237. The lowest BCUT2D eigenvalue weighted by Gasteiger charge is -2.01. The van der Waals surface area contributed by atoms with E-state index in [9.17, 15) is 5.11 Å². The number of rotatable bonds is 6. The third-order valence-corrected chi connectivity index (χ3v) is 3.24. The Hall–Kier alpha value is -0.900. The zero-order valence-electron chi connectivity index (χ0n) is 9.50. The van der Waals surface area contributed by atoms with E-state index >= 15 is 0 Å². The van der Waals surface area contributed by atoms with Gasteiger partial charge in [0.1, 0.15) is 6.79 Å². The molecule has 1 aliphatic rings. The van der Waals surface area contributed by atoms with Gasteiger partial charge < -0.3 is 14.6 Å². The molecule has 16 heavy (non-hydrogen) atoms. The van der Waals surface area contributed by atoms with Gasteiger partial charge in [-0.3, -0.25) is 0 Å². The highest BCUT2D eigenvalue weighted by atomic mass is 16.7. The highest BCUT2D eigenvalue weighted by Crippen LogP contribution is 2.53. The summed E-state index contributed by atoms with van der Waals surface area (Å²) in [4.78, 5) is 0. The summed E-state index contributed by atoms with van der Waals surface area (Å²) in [6.07, 6.45) is 0. The molecule has 0 bridgehead atoms. The van der Waals surface area contributed by atoms with Crippen LogP contribution in [0.5, 0.6) is 0 Å². The van der Waals surface area contributed by atoms with Gasteiger partial charge in [0.05, 0.1) is 6.61 Å². The van der Waals surface area contributed by atoms with Gasteiger partial charge in [-0.05, 0) is 23.3 Å². The lowest BCUT2D eigenvalue weighted by molar-refractivity contribution is -0.0364. The fourth-order valence-corrected chi connectivity index (χ4v) is 2.36. The minimum atomic E-state index is 0.237. The van der Waals surface area contributed by atoms with Gasteiger partial charge in [-0.2, -0.15) is 0 Å². The molecule has 88 valence electrons. The lowest BCUT2D eigenvalue weighted by atomic mass is 10.1. The zero-order valence-corrected chi connectivity index (χ0v) is 9.50. The molecule has 1 aliphatic carbocycles. The van der Waals surface area contributed by atoms with Gasteiger partial charge in [0.15, 0.2) is 0 Å². The molecule has 1 fully saturated rings. The predicted molar refractivity (Wildman–Crippen MR) is 61.1 cm³/mol. The quantitative estimate of drug-likeness (QED) is 0.587. The van der Waals surface area contributed by atoms with Gasteiger partial charge in [-0.15, -0.1) is 0 Å². The second kappa shape index (κ2) is 5.43. The van der Waals surface area contributed by atoms with E-state index in [0.29, 0.717) is 31.2 Å². The molecule has 0 radical (unpaired) electrons. The van der Waals surface area contributed by atoms with Crippen LogP contribution in [0.1, 0.15) is 11.5 Å². The number of ether oxygens (including phenoxy) is 2. The standard InChI is InChI=1S/C13H18O3/c1-15-9-16-8-12-11(7-14)13(12)10-5-3-2-4-6-10/h2-6,11-14H,7-9H2,1H3/t11-,12+,13+/m1/s1. The smallest absolute Gasteiger partial charge is 0.146 e. The maximum atomic E-state index is 9.28. The first-order chi connectivity index (χ1) is 7.88. The number of hydrogen-bond acceptors (Lipinski definition) is 3. The topological polar surface area (TPSA) is 38.7 Å². The van der Waals surface area contributed by atoms with Crippen LogP contribution in [-0.2, 0) is 9.47 Å². The van der Waals surface area contributed by atoms with Crippen molar-refractivity contribution in [3.63, 3.8) is 0 Å². The van der Waals surface area contributed by atoms with Crippen LogP contribution in [0.3, 0.4) is 0 Å². The third-order valence-electron chi connectivity index (χ3n) is 3.24. The van der Waals surface area contributed by atoms with Gasteiger partial charge in [0.25, 0.3) is 0 Å². The van der Waals surface area contributed by atoms with Crippen molar-refractivity contribution in [2.45, 2.75) is 5.92 Å². The SMILES string of the molecule is COCOC[C@H]1[C@@H](CO)[C@@H]1c1ccccc1. The molecular weight excluding hydrogens is 204 g/mol. The fourth-order valence-electron chi connectivity index (χ4n) is 2.36. The van der Waals surface area contributed by atoms with Crippen LogP contribution in [0.15, 0.2) is 30.3 Å². The second-order valence-electron chi connectivity index (χ2n) is 4.22. The molecule has 3 nitrogen and oxygen atoms in total. The van der Waals surface area contributed by atoms with Crippen molar-refractivity contribution >= 4 is 0 Å². The van der Waals surface area contributed by atoms with Gasteiger partial charge in [-0.25, -0.2) is 0 Å². The van der Waals surface area contributed by atoms with Gasteiger partial charge >= 0.3 is 0 Å². The van der Waals surface area contributed by atoms with Crippen molar-refractivity contribution in [3.05, 3.63) is 35.9 Å². The summed E-state index contributed by atoms with van der Waals surface area (Å²) in [5, 5.41) is 9.28. The molecule has 1 aromatic rings. The number of aliphatic hydroxyl groups is 1. The van der Waals surface area contributed by atoms with Gasteiger partial charge in [0, 0.05) is 13.7 Å². The Labute approximate surface area is 96.0 Å². The maximum Gasteiger partial charge on any atom is 0.146 e. The molecule has 1 aromatic carbocycles. The first-order valence-corrected chi connectivity index (χ1v) is 5.61. The largest absolute Gasteiger partial charge is 0.396 e. The van der Waals surface area contributed by atoms with Crippen LogP contribution in [0.4, 0.5) is 0 Å². The summed E-state index contributed by atoms with van der Waals surface area (Å²) in [5.74, 6) is 1.23. The van der Waals surface area contributed by atoms with Crippen molar-refractivity contribution in [2.75, 3.05) is 27.1 Å². The Kier molecular flexibility index (Phi) is 3.93. The van der Waals surface area contributed by atoms with Crippen LogP contribution in [0.25, 0.3) is 0 Å². The number of aliphatic hydroxyl groups excluding tert-OH is 1. The Bertz CT molecular complexity index is 312. The molecule has 0 unspecified atom stereocenters. The van der Waals surface area contributed by atoms with E-state index in [2.05, 4.69) is 12.1 Å². The Morgan fingerprint density at radius 1 is 1.19 bits per heavy atom. The van der Waals surface area contributed by atoms with Crippen LogP contribution >= 0.6 is 0 Å². The molecule has 1 saturated carbocycles. The van der Waals surface area contributed by atoms with E-state index in [1.807, 2.05) is 18.2 Å². The Balaban J connectivity index is 1.91. The highest BCUT2D eigenvalue weighted by molar-refractivity contribution is 5.28. The molecule has 0 aliphatic heterocycles. The van der Waals surface area contributed by atoms with Gasteiger partial charge in [0.2, 0.25) is 0 Å².